The second-order valence-electron chi connectivity index (χ2n) is 8.44. The lowest BCUT2D eigenvalue weighted by atomic mass is 10.1. The van der Waals surface area contributed by atoms with Crippen LogP contribution in [0, 0.1) is 0 Å². The zero-order valence-corrected chi connectivity index (χ0v) is 19.0. The summed E-state index contributed by atoms with van der Waals surface area (Å²) < 4.78 is 27.6. The summed E-state index contributed by atoms with van der Waals surface area (Å²) in [5, 5.41) is 0. The second kappa shape index (κ2) is 8.61. The van der Waals surface area contributed by atoms with Gasteiger partial charge in [-0.1, -0.05) is 36.8 Å². The number of amides is 1. The molecule has 0 radical (unpaired) electrons. The molecular weight excluding hydrogens is 438 g/mol. The molecule has 0 spiro atoms. The number of H-pyrrole nitrogens is 1. The minimum absolute atomic E-state index is 0.0625. The highest BCUT2D eigenvalue weighted by atomic mass is 32.2. The fourth-order valence-electron chi connectivity index (χ4n) is 4.58. The van der Waals surface area contributed by atoms with E-state index in [0.29, 0.717) is 37.4 Å². The Balaban J connectivity index is 1.41. The number of benzene rings is 2. The third-order valence-electron chi connectivity index (χ3n) is 6.37. The van der Waals surface area contributed by atoms with Gasteiger partial charge in [0.2, 0.25) is 10.0 Å². The topological polar surface area (TPSA) is 90.5 Å². The number of rotatable bonds is 4. The maximum Gasteiger partial charge on any atom is 0.263 e. The number of nitrogens with zero attached hydrogens (tertiary/aromatic N) is 2. The average Bonchev–Trinajstić information content (AvgIpc) is 3.28. The van der Waals surface area contributed by atoms with Gasteiger partial charge in [-0.15, -0.1) is 0 Å². The molecule has 1 amide bonds. The summed E-state index contributed by atoms with van der Waals surface area (Å²) in [6.45, 7) is 1.50. The number of fused-ring (bicyclic) bond motifs is 1. The molecule has 3 aromatic rings. The van der Waals surface area contributed by atoms with Crippen LogP contribution in [0.3, 0.4) is 0 Å². The summed E-state index contributed by atoms with van der Waals surface area (Å²) in [6, 6.07) is 17.6. The number of nitrogens with one attached hydrogen (secondary N) is 1. The number of carbonyl (C=O) groups is 1. The van der Waals surface area contributed by atoms with Gasteiger partial charge in [-0.3, -0.25) is 9.59 Å². The lowest BCUT2D eigenvalue weighted by Gasteiger charge is -2.26. The summed E-state index contributed by atoms with van der Waals surface area (Å²) in [6.07, 6.45) is 3.36. The molecular formula is C25H25N3O4S. The first-order valence-electron chi connectivity index (χ1n) is 11.2. The van der Waals surface area contributed by atoms with Gasteiger partial charge in [0.25, 0.3) is 11.5 Å². The van der Waals surface area contributed by atoms with E-state index in [9.17, 15) is 18.0 Å². The van der Waals surface area contributed by atoms with Crippen LogP contribution in [-0.4, -0.2) is 43.2 Å². The van der Waals surface area contributed by atoms with Crippen molar-refractivity contribution in [2.24, 2.45) is 0 Å². The van der Waals surface area contributed by atoms with Crippen LogP contribution in [-0.2, 0) is 16.4 Å². The monoisotopic (exact) mass is 463 g/mol. The van der Waals surface area contributed by atoms with Gasteiger partial charge >= 0.3 is 0 Å². The summed E-state index contributed by atoms with van der Waals surface area (Å²) in [5.74, 6) is -0.388. The Hall–Kier alpha value is -3.23. The zero-order valence-electron chi connectivity index (χ0n) is 18.2. The zero-order chi connectivity index (χ0) is 23.0. The highest BCUT2D eigenvalue weighted by Gasteiger charge is 2.31. The van der Waals surface area contributed by atoms with Gasteiger partial charge in [-0.05, 0) is 60.7 Å². The molecule has 0 atom stereocenters. The molecule has 7 nitrogen and oxygen atoms in total. The molecule has 2 aromatic carbocycles. The largest absolute Gasteiger partial charge is 0.321 e. The van der Waals surface area contributed by atoms with Crippen molar-refractivity contribution < 1.29 is 13.2 Å². The summed E-state index contributed by atoms with van der Waals surface area (Å²) in [4.78, 5) is 30.5. The molecule has 1 fully saturated rings. The summed E-state index contributed by atoms with van der Waals surface area (Å²) in [7, 11) is -3.54. The first kappa shape index (κ1) is 21.6. The first-order valence-corrected chi connectivity index (χ1v) is 12.6. The molecule has 5 rings (SSSR count). The van der Waals surface area contributed by atoms with Crippen molar-refractivity contribution >= 4 is 21.6 Å². The van der Waals surface area contributed by atoms with Crippen LogP contribution in [0.15, 0.2) is 70.4 Å². The molecule has 1 saturated heterocycles. The summed E-state index contributed by atoms with van der Waals surface area (Å²) >= 11 is 0. The van der Waals surface area contributed by atoms with Crippen molar-refractivity contribution in [1.29, 1.82) is 0 Å². The predicted octanol–water partition coefficient (Wildman–Crippen LogP) is 3.42. The van der Waals surface area contributed by atoms with Gasteiger partial charge in [-0.2, -0.15) is 4.31 Å². The molecule has 0 bridgehead atoms. The fraction of sp³-hybridized carbons (Fsp3) is 0.280. The van der Waals surface area contributed by atoms with Crippen LogP contribution in [0.2, 0.25) is 0 Å². The van der Waals surface area contributed by atoms with Crippen molar-refractivity contribution in [3.05, 3.63) is 82.1 Å². The maximum absolute atomic E-state index is 13.2. The van der Waals surface area contributed by atoms with Gasteiger partial charge in [0.05, 0.1) is 4.90 Å². The Kier molecular flexibility index (Phi) is 5.64. The smallest absolute Gasteiger partial charge is 0.263 e. The molecule has 2 aliphatic rings. The molecule has 170 valence electrons. The fourth-order valence-corrected chi connectivity index (χ4v) is 6.15. The molecule has 33 heavy (non-hydrogen) atoms. The van der Waals surface area contributed by atoms with Crippen molar-refractivity contribution in [1.82, 2.24) is 9.29 Å². The van der Waals surface area contributed by atoms with Crippen LogP contribution >= 0.6 is 0 Å². The number of aromatic nitrogens is 1. The number of sulfonamides is 1. The van der Waals surface area contributed by atoms with Crippen LogP contribution in [0.25, 0.3) is 11.3 Å². The third kappa shape index (κ3) is 4.00. The highest BCUT2D eigenvalue weighted by molar-refractivity contribution is 7.89. The SMILES string of the molecule is O=C(c1ccc(-c2ccccc2)[nH]c1=O)N1CCc2cc(S(=O)(=O)N3CCCCC3)ccc21. The Labute approximate surface area is 192 Å². The third-order valence-corrected chi connectivity index (χ3v) is 8.26. The van der Waals surface area contributed by atoms with Crippen molar-refractivity contribution in [3.63, 3.8) is 0 Å². The van der Waals surface area contributed by atoms with E-state index in [-0.39, 0.29) is 16.4 Å². The first-order chi connectivity index (χ1) is 15.9. The number of carbonyl (C=O) groups excluding carboxylic acids is 1. The predicted molar refractivity (Wildman–Crippen MR) is 127 cm³/mol. The number of anilines is 1. The van der Waals surface area contributed by atoms with E-state index in [0.717, 1.165) is 30.4 Å². The Morgan fingerprint density at radius 2 is 1.64 bits per heavy atom. The number of hydrogen-bond donors (Lipinski definition) is 1. The molecule has 2 aliphatic heterocycles. The van der Waals surface area contributed by atoms with E-state index in [1.807, 2.05) is 30.3 Å². The lowest BCUT2D eigenvalue weighted by Crippen LogP contribution is -2.35. The van der Waals surface area contributed by atoms with E-state index in [1.54, 1.807) is 39.5 Å². The van der Waals surface area contributed by atoms with Crippen LogP contribution < -0.4 is 10.5 Å². The van der Waals surface area contributed by atoms with Gasteiger partial charge in [0, 0.05) is 31.0 Å². The number of pyridine rings is 1. The van der Waals surface area contributed by atoms with Crippen molar-refractivity contribution in [3.8, 4) is 11.3 Å². The number of piperidine rings is 1. The number of hydrogen-bond acceptors (Lipinski definition) is 4. The Bertz CT molecular complexity index is 1360. The highest BCUT2D eigenvalue weighted by Crippen LogP contribution is 2.32. The van der Waals surface area contributed by atoms with E-state index < -0.39 is 15.6 Å². The van der Waals surface area contributed by atoms with Gasteiger partial charge in [0.15, 0.2) is 0 Å². The van der Waals surface area contributed by atoms with Crippen LogP contribution in [0.5, 0.6) is 0 Å². The van der Waals surface area contributed by atoms with Gasteiger partial charge in [-0.25, -0.2) is 8.42 Å². The Morgan fingerprint density at radius 3 is 2.36 bits per heavy atom. The minimum Gasteiger partial charge on any atom is -0.321 e. The van der Waals surface area contributed by atoms with E-state index >= 15 is 0 Å². The number of aromatic amines is 1. The molecule has 1 N–H and O–H groups in total. The maximum atomic E-state index is 13.2. The summed E-state index contributed by atoms with van der Waals surface area (Å²) in [5.41, 5.74) is 2.59. The molecule has 0 saturated carbocycles. The Morgan fingerprint density at radius 1 is 0.879 bits per heavy atom. The van der Waals surface area contributed by atoms with E-state index in [1.165, 1.54) is 0 Å². The average molecular weight is 464 g/mol. The molecule has 3 heterocycles. The van der Waals surface area contributed by atoms with Gasteiger partial charge < -0.3 is 9.88 Å². The van der Waals surface area contributed by atoms with Crippen LogP contribution in [0.1, 0.15) is 35.2 Å². The standard InChI is InChI=1S/C25H25N3O4S/c29-24-21(10-11-22(26-24)18-7-3-1-4-8-18)25(30)28-16-13-19-17-20(9-12-23(19)28)33(31,32)27-14-5-2-6-15-27/h1,3-4,7-12,17H,2,5-6,13-16H2,(H,26,29). The van der Waals surface area contributed by atoms with E-state index in [2.05, 4.69) is 4.98 Å². The van der Waals surface area contributed by atoms with Crippen LogP contribution in [0.4, 0.5) is 5.69 Å². The lowest BCUT2D eigenvalue weighted by molar-refractivity contribution is 0.0988. The molecule has 0 aliphatic carbocycles. The van der Waals surface area contributed by atoms with E-state index in [4.69, 9.17) is 0 Å². The molecule has 1 aromatic heterocycles. The second-order valence-corrected chi connectivity index (χ2v) is 10.4. The van der Waals surface area contributed by atoms with Crippen molar-refractivity contribution in [2.75, 3.05) is 24.5 Å². The normalized spacial score (nSPS) is 16.5. The van der Waals surface area contributed by atoms with Gasteiger partial charge in [0.1, 0.15) is 5.56 Å². The minimum atomic E-state index is -3.54. The molecule has 8 heteroatoms. The van der Waals surface area contributed by atoms with Crippen molar-refractivity contribution in [2.45, 2.75) is 30.6 Å². The quantitative estimate of drug-likeness (QED) is 0.642. The molecule has 0 unspecified atom stereocenters.